The molecule has 0 unspecified atom stereocenters. The van der Waals surface area contributed by atoms with Crippen LogP contribution in [0, 0.1) is 0 Å². The Labute approximate surface area is 210 Å². The fraction of sp³-hybridized carbons (Fsp3) is 0.385. The average Bonchev–Trinajstić information content (AvgIpc) is 3.35. The number of anilines is 2. The summed E-state index contributed by atoms with van der Waals surface area (Å²) in [5, 5.41) is 0.946. The van der Waals surface area contributed by atoms with Crippen LogP contribution in [0.4, 0.5) is 11.9 Å². The van der Waals surface area contributed by atoms with Crippen molar-refractivity contribution in [2.75, 3.05) is 70.2 Å². The van der Waals surface area contributed by atoms with Crippen molar-refractivity contribution in [3.8, 4) is 16.9 Å². The number of fused-ring (bicyclic) bond motifs is 1. The van der Waals surface area contributed by atoms with Crippen LogP contribution in [0.1, 0.15) is 5.56 Å². The molecule has 2 fully saturated rings. The molecular formula is C26H31N9O. The summed E-state index contributed by atoms with van der Waals surface area (Å²) in [4.78, 5) is 25.4. The normalized spacial score (nSPS) is 17.6. The standard InChI is InChI=1S/C26H31N9O/c1-32-8-10-33(11-9-32)18-19-2-4-21(5-3-19)35-7-6-22-23(20-16-28-25(27)29-17-20)30-26(31-24(22)35)34-12-14-36-15-13-34/h2-7,16-17H,8-15,18H2,1H3,(H2,27,28,29). The van der Waals surface area contributed by atoms with Crippen molar-refractivity contribution >= 4 is 22.9 Å². The second kappa shape index (κ2) is 9.81. The Morgan fingerprint density at radius 1 is 0.889 bits per heavy atom. The highest BCUT2D eigenvalue weighted by Gasteiger charge is 2.20. The quantitative estimate of drug-likeness (QED) is 0.455. The SMILES string of the molecule is CN1CCN(Cc2ccc(-n3ccc4c(-c5cnc(N)nc5)nc(N5CCOCC5)nc43)cc2)CC1. The molecule has 4 aromatic rings. The van der Waals surface area contributed by atoms with Gasteiger partial charge in [0.05, 0.1) is 18.9 Å². The van der Waals surface area contributed by atoms with Crippen LogP contribution in [-0.2, 0) is 11.3 Å². The van der Waals surface area contributed by atoms with Gasteiger partial charge in [0, 0.05) is 81.0 Å². The van der Waals surface area contributed by atoms with Crippen LogP contribution in [0.2, 0.25) is 0 Å². The van der Waals surface area contributed by atoms with Crippen LogP contribution in [-0.4, -0.2) is 93.8 Å². The number of hydrogen-bond donors (Lipinski definition) is 1. The van der Waals surface area contributed by atoms with Crippen molar-refractivity contribution in [1.82, 2.24) is 34.3 Å². The molecule has 6 rings (SSSR count). The van der Waals surface area contributed by atoms with Crippen LogP contribution in [0.15, 0.2) is 48.9 Å². The van der Waals surface area contributed by atoms with Gasteiger partial charge in [-0.1, -0.05) is 12.1 Å². The number of rotatable bonds is 5. The number of aromatic nitrogens is 5. The average molecular weight is 486 g/mol. The van der Waals surface area contributed by atoms with E-state index in [2.05, 4.69) is 72.8 Å². The number of nitrogen functional groups attached to an aromatic ring is 1. The van der Waals surface area contributed by atoms with Gasteiger partial charge in [0.25, 0.3) is 0 Å². The van der Waals surface area contributed by atoms with Crippen molar-refractivity contribution in [1.29, 1.82) is 0 Å². The molecule has 3 aromatic heterocycles. The van der Waals surface area contributed by atoms with Gasteiger partial charge in [-0.25, -0.2) is 15.0 Å². The third kappa shape index (κ3) is 4.62. The number of likely N-dealkylation sites (N-methyl/N-ethyl adjacent to an activating group) is 1. The van der Waals surface area contributed by atoms with Gasteiger partial charge in [-0.05, 0) is 30.8 Å². The molecule has 5 heterocycles. The van der Waals surface area contributed by atoms with Gasteiger partial charge in [-0.3, -0.25) is 4.90 Å². The maximum Gasteiger partial charge on any atom is 0.228 e. The van der Waals surface area contributed by atoms with Crippen molar-refractivity contribution in [3.05, 3.63) is 54.5 Å². The van der Waals surface area contributed by atoms with E-state index in [0.717, 1.165) is 73.8 Å². The fourth-order valence-electron chi connectivity index (χ4n) is 4.82. The molecule has 36 heavy (non-hydrogen) atoms. The van der Waals surface area contributed by atoms with Gasteiger partial charge in [0.2, 0.25) is 11.9 Å². The second-order valence-corrected chi connectivity index (χ2v) is 9.47. The van der Waals surface area contributed by atoms with E-state index in [1.807, 2.05) is 0 Å². The third-order valence-corrected chi connectivity index (χ3v) is 6.99. The van der Waals surface area contributed by atoms with Crippen molar-refractivity contribution in [3.63, 3.8) is 0 Å². The van der Waals surface area contributed by atoms with Crippen LogP contribution in [0.25, 0.3) is 28.0 Å². The van der Waals surface area contributed by atoms with Crippen molar-refractivity contribution in [2.45, 2.75) is 6.54 Å². The number of benzene rings is 1. The topological polar surface area (TPSA) is 101 Å². The molecule has 2 N–H and O–H groups in total. The van der Waals surface area contributed by atoms with E-state index >= 15 is 0 Å². The van der Waals surface area contributed by atoms with Gasteiger partial charge in [0.15, 0.2) is 5.65 Å². The number of nitrogens with zero attached hydrogens (tertiary/aromatic N) is 8. The Balaban J connectivity index is 1.35. The molecule has 0 bridgehead atoms. The number of ether oxygens (including phenoxy) is 1. The first-order valence-corrected chi connectivity index (χ1v) is 12.4. The lowest BCUT2D eigenvalue weighted by atomic mass is 10.1. The van der Waals surface area contributed by atoms with Gasteiger partial charge < -0.3 is 24.8 Å². The first-order chi connectivity index (χ1) is 17.6. The summed E-state index contributed by atoms with van der Waals surface area (Å²) >= 11 is 0. The summed E-state index contributed by atoms with van der Waals surface area (Å²) < 4.78 is 7.67. The van der Waals surface area contributed by atoms with E-state index in [0.29, 0.717) is 19.2 Å². The van der Waals surface area contributed by atoms with E-state index in [4.69, 9.17) is 20.4 Å². The summed E-state index contributed by atoms with van der Waals surface area (Å²) in [6.45, 7) is 8.29. The first kappa shape index (κ1) is 22.8. The van der Waals surface area contributed by atoms with Crippen LogP contribution in [0.3, 0.4) is 0 Å². The van der Waals surface area contributed by atoms with E-state index in [-0.39, 0.29) is 5.95 Å². The summed E-state index contributed by atoms with van der Waals surface area (Å²) in [6, 6.07) is 10.8. The van der Waals surface area contributed by atoms with Crippen LogP contribution < -0.4 is 10.6 Å². The Morgan fingerprint density at radius 2 is 1.61 bits per heavy atom. The van der Waals surface area contributed by atoms with Gasteiger partial charge >= 0.3 is 0 Å². The highest BCUT2D eigenvalue weighted by molar-refractivity contribution is 5.92. The smallest absolute Gasteiger partial charge is 0.228 e. The van der Waals surface area contributed by atoms with E-state index in [1.165, 1.54) is 5.56 Å². The minimum absolute atomic E-state index is 0.242. The molecule has 0 amide bonds. The highest BCUT2D eigenvalue weighted by Crippen LogP contribution is 2.30. The summed E-state index contributed by atoms with van der Waals surface area (Å²) in [6.07, 6.45) is 5.49. The highest BCUT2D eigenvalue weighted by atomic mass is 16.5. The van der Waals surface area contributed by atoms with E-state index < -0.39 is 0 Å². The molecule has 0 aliphatic carbocycles. The first-order valence-electron chi connectivity index (χ1n) is 12.4. The minimum atomic E-state index is 0.242. The molecule has 0 spiro atoms. The second-order valence-electron chi connectivity index (χ2n) is 9.47. The zero-order chi connectivity index (χ0) is 24.5. The van der Waals surface area contributed by atoms with Crippen molar-refractivity contribution in [2.24, 2.45) is 0 Å². The molecule has 186 valence electrons. The van der Waals surface area contributed by atoms with Crippen LogP contribution >= 0.6 is 0 Å². The zero-order valence-electron chi connectivity index (χ0n) is 20.5. The van der Waals surface area contributed by atoms with E-state index in [1.54, 1.807) is 12.4 Å². The van der Waals surface area contributed by atoms with Gasteiger partial charge in [0.1, 0.15) is 0 Å². The predicted octanol–water partition coefficient (Wildman–Crippen LogP) is 2.04. The number of hydrogen-bond acceptors (Lipinski definition) is 9. The minimum Gasteiger partial charge on any atom is -0.378 e. The molecule has 1 aromatic carbocycles. The number of nitrogens with two attached hydrogens (primary N) is 1. The largest absolute Gasteiger partial charge is 0.378 e. The fourth-order valence-corrected chi connectivity index (χ4v) is 4.82. The monoisotopic (exact) mass is 485 g/mol. The maximum atomic E-state index is 5.74. The molecule has 10 heteroatoms. The lowest BCUT2D eigenvalue weighted by molar-refractivity contribution is 0.122. The zero-order valence-corrected chi connectivity index (χ0v) is 20.5. The Hall–Kier alpha value is -3.60. The van der Waals surface area contributed by atoms with E-state index in [9.17, 15) is 0 Å². The molecule has 2 saturated heterocycles. The molecular weight excluding hydrogens is 454 g/mol. The number of piperazine rings is 1. The summed E-state index contributed by atoms with van der Waals surface area (Å²) in [7, 11) is 2.19. The number of morpholine rings is 1. The molecule has 10 nitrogen and oxygen atoms in total. The predicted molar refractivity (Wildman–Crippen MR) is 140 cm³/mol. The summed E-state index contributed by atoms with van der Waals surface area (Å²) in [5.41, 5.74) is 10.6. The van der Waals surface area contributed by atoms with Crippen LogP contribution in [0.5, 0.6) is 0 Å². The lowest BCUT2D eigenvalue weighted by Gasteiger charge is -2.32. The summed E-state index contributed by atoms with van der Waals surface area (Å²) in [5.74, 6) is 0.927. The molecule has 0 atom stereocenters. The molecule has 2 aliphatic heterocycles. The third-order valence-electron chi connectivity index (χ3n) is 6.99. The Bertz CT molecular complexity index is 1320. The Kier molecular flexibility index (Phi) is 6.22. The Morgan fingerprint density at radius 3 is 2.33 bits per heavy atom. The molecule has 2 aliphatic rings. The lowest BCUT2D eigenvalue weighted by Crippen LogP contribution is -2.43. The molecule has 0 radical (unpaired) electrons. The maximum absolute atomic E-state index is 5.74. The molecule has 0 saturated carbocycles. The van der Waals surface area contributed by atoms with Gasteiger partial charge in [-0.15, -0.1) is 0 Å². The van der Waals surface area contributed by atoms with Crippen molar-refractivity contribution < 1.29 is 4.74 Å². The van der Waals surface area contributed by atoms with Gasteiger partial charge in [-0.2, -0.15) is 4.98 Å².